The van der Waals surface area contributed by atoms with Crippen LogP contribution in [0.3, 0.4) is 0 Å². The van der Waals surface area contributed by atoms with Gasteiger partial charge in [0.05, 0.1) is 5.41 Å². The van der Waals surface area contributed by atoms with Gasteiger partial charge in [-0.2, -0.15) is 0 Å². The normalized spacial score (nSPS) is 14.3. The zero-order valence-corrected chi connectivity index (χ0v) is 33.2. The molecule has 1 heterocycles. The van der Waals surface area contributed by atoms with E-state index < -0.39 is 5.41 Å². The molecule has 1 aromatic heterocycles. The monoisotopic (exact) mass is 757 g/mol. The first-order valence-corrected chi connectivity index (χ1v) is 21.1. The van der Waals surface area contributed by atoms with Gasteiger partial charge in [0.25, 0.3) is 0 Å². The lowest BCUT2D eigenvalue weighted by atomic mass is 9.67. The Balaban J connectivity index is 1.16. The van der Waals surface area contributed by atoms with Crippen LogP contribution in [0.25, 0.3) is 53.2 Å². The van der Waals surface area contributed by atoms with E-state index in [4.69, 9.17) is 0 Å². The molecule has 1 nitrogen and oxygen atoms in total. The van der Waals surface area contributed by atoms with Crippen molar-refractivity contribution in [2.45, 2.75) is 24.7 Å². The van der Waals surface area contributed by atoms with Crippen molar-refractivity contribution in [3.05, 3.63) is 234 Å². The fourth-order valence-corrected chi connectivity index (χ4v) is 11.7. The first kappa shape index (κ1) is 33.4. The first-order chi connectivity index (χ1) is 28.5. The van der Waals surface area contributed by atoms with Crippen molar-refractivity contribution in [3.8, 4) is 22.3 Å². The van der Waals surface area contributed by atoms with Crippen LogP contribution in [0.4, 0.5) is 17.1 Å². The SMILES string of the molecule is CC1(C)c2ccccc2-c2ccc(N(c3ccc4c(c3)-c3c(ccc5c3sc3ccccc35)C4(c3ccccc3)c3ccccc3)c3ccc4ccccc4c3)cc21. The predicted octanol–water partition coefficient (Wildman–Crippen LogP) is 15.3. The van der Waals surface area contributed by atoms with Crippen molar-refractivity contribution >= 4 is 59.3 Å². The molecule has 58 heavy (non-hydrogen) atoms. The molecule has 0 fully saturated rings. The summed E-state index contributed by atoms with van der Waals surface area (Å²) >= 11 is 1.92. The van der Waals surface area contributed by atoms with E-state index >= 15 is 0 Å². The topological polar surface area (TPSA) is 3.24 Å². The standard InChI is InChI=1S/C56H39NS/c1-55(2)48-23-13-11-21-43(48)44-29-27-42(35-51(44)55)57(40-26-25-36-15-9-10-16-37(36)33-40)41-28-31-49-47(34-41)53-50(32-30-46-45-22-12-14-24-52(45)58-54(46)53)56(49,38-17-5-3-6-18-38)39-19-7-4-8-20-39/h3-35H,1-2H3. The second-order valence-corrected chi connectivity index (χ2v) is 17.5. The number of hydrogen-bond acceptors (Lipinski definition) is 2. The molecular formula is C56H39NS. The molecule has 0 atom stereocenters. The largest absolute Gasteiger partial charge is 0.310 e. The van der Waals surface area contributed by atoms with Gasteiger partial charge in [0.15, 0.2) is 0 Å². The fraction of sp³-hybridized carbons (Fsp3) is 0.0714. The molecule has 0 N–H and O–H groups in total. The molecule has 2 heteroatoms. The Bertz CT molecular complexity index is 3220. The summed E-state index contributed by atoms with van der Waals surface area (Å²) in [5.41, 5.74) is 16.1. The number of fused-ring (bicyclic) bond motifs is 11. The summed E-state index contributed by atoms with van der Waals surface area (Å²) in [6, 6.07) is 75.0. The minimum atomic E-state index is -0.493. The summed E-state index contributed by atoms with van der Waals surface area (Å²) in [4.78, 5) is 2.49. The average Bonchev–Trinajstić information content (AvgIpc) is 3.88. The van der Waals surface area contributed by atoms with E-state index in [1.165, 1.54) is 86.6 Å². The highest BCUT2D eigenvalue weighted by Gasteiger charge is 2.47. The Kier molecular flexibility index (Phi) is 7.13. The molecule has 0 spiro atoms. The van der Waals surface area contributed by atoms with Crippen LogP contribution in [0.5, 0.6) is 0 Å². The fourth-order valence-electron chi connectivity index (χ4n) is 10.5. The minimum absolute atomic E-state index is 0.119. The van der Waals surface area contributed by atoms with Crippen molar-refractivity contribution in [1.82, 2.24) is 0 Å². The molecule has 0 unspecified atom stereocenters. The van der Waals surface area contributed by atoms with E-state index in [-0.39, 0.29) is 5.41 Å². The van der Waals surface area contributed by atoms with Crippen LogP contribution in [0.15, 0.2) is 200 Å². The molecule has 12 rings (SSSR count). The maximum absolute atomic E-state index is 2.49. The van der Waals surface area contributed by atoms with Gasteiger partial charge in [-0.3, -0.25) is 0 Å². The quantitative estimate of drug-likeness (QED) is 0.169. The molecule has 0 saturated heterocycles. The van der Waals surface area contributed by atoms with Gasteiger partial charge in [-0.25, -0.2) is 0 Å². The molecule has 0 amide bonds. The van der Waals surface area contributed by atoms with Crippen molar-refractivity contribution in [1.29, 1.82) is 0 Å². The zero-order chi connectivity index (χ0) is 38.6. The van der Waals surface area contributed by atoms with Gasteiger partial charge >= 0.3 is 0 Å². The molecule has 0 saturated carbocycles. The third-order valence-corrected chi connectivity index (χ3v) is 14.3. The highest BCUT2D eigenvalue weighted by Crippen LogP contribution is 2.60. The first-order valence-electron chi connectivity index (χ1n) is 20.3. The Labute approximate surface area is 343 Å². The zero-order valence-electron chi connectivity index (χ0n) is 32.4. The highest BCUT2D eigenvalue weighted by atomic mass is 32.1. The second-order valence-electron chi connectivity index (χ2n) is 16.4. The summed E-state index contributed by atoms with van der Waals surface area (Å²) < 4.78 is 2.67. The lowest BCUT2D eigenvalue weighted by molar-refractivity contribution is 0.660. The Morgan fingerprint density at radius 3 is 1.81 bits per heavy atom. The summed E-state index contributed by atoms with van der Waals surface area (Å²) in [7, 11) is 0. The number of hydrogen-bond donors (Lipinski definition) is 0. The summed E-state index contributed by atoms with van der Waals surface area (Å²) in [6.07, 6.45) is 0. The van der Waals surface area contributed by atoms with Gasteiger partial charge in [-0.15, -0.1) is 11.3 Å². The summed E-state index contributed by atoms with van der Waals surface area (Å²) in [6.45, 7) is 4.74. The van der Waals surface area contributed by atoms with E-state index in [0.29, 0.717) is 0 Å². The van der Waals surface area contributed by atoms with Crippen LogP contribution in [-0.4, -0.2) is 0 Å². The molecule has 0 aliphatic heterocycles. The molecule has 10 aromatic rings. The lowest BCUT2D eigenvalue weighted by Crippen LogP contribution is -2.28. The van der Waals surface area contributed by atoms with Crippen molar-refractivity contribution in [3.63, 3.8) is 0 Å². The van der Waals surface area contributed by atoms with Crippen molar-refractivity contribution < 1.29 is 0 Å². The van der Waals surface area contributed by atoms with Gasteiger partial charge in [-0.05, 0) is 103 Å². The van der Waals surface area contributed by atoms with Crippen molar-refractivity contribution in [2.24, 2.45) is 0 Å². The number of nitrogens with zero attached hydrogens (tertiary/aromatic N) is 1. The van der Waals surface area contributed by atoms with E-state index in [2.05, 4.69) is 219 Å². The minimum Gasteiger partial charge on any atom is -0.310 e. The van der Waals surface area contributed by atoms with Gasteiger partial charge in [0, 0.05) is 48.2 Å². The smallest absolute Gasteiger partial charge is 0.0714 e. The molecule has 274 valence electrons. The summed E-state index contributed by atoms with van der Waals surface area (Å²) in [5.74, 6) is 0. The Hall–Kier alpha value is -6.74. The van der Waals surface area contributed by atoms with Crippen LogP contribution in [-0.2, 0) is 10.8 Å². The van der Waals surface area contributed by atoms with Gasteiger partial charge in [-0.1, -0.05) is 172 Å². The van der Waals surface area contributed by atoms with E-state index in [9.17, 15) is 0 Å². The lowest BCUT2D eigenvalue weighted by Gasteiger charge is -2.34. The molecule has 9 aromatic carbocycles. The third kappa shape index (κ3) is 4.58. The molecule has 2 aliphatic carbocycles. The average molecular weight is 758 g/mol. The maximum Gasteiger partial charge on any atom is 0.0714 e. The molecular weight excluding hydrogens is 719 g/mol. The second kappa shape index (κ2) is 12.4. The summed E-state index contributed by atoms with van der Waals surface area (Å²) in [5, 5.41) is 5.10. The number of anilines is 3. The van der Waals surface area contributed by atoms with E-state index in [1.54, 1.807) is 0 Å². The maximum atomic E-state index is 2.49. The third-order valence-electron chi connectivity index (χ3n) is 13.1. The van der Waals surface area contributed by atoms with Crippen LogP contribution in [0.1, 0.15) is 47.2 Å². The van der Waals surface area contributed by atoms with Crippen LogP contribution in [0.2, 0.25) is 0 Å². The number of benzene rings is 9. The van der Waals surface area contributed by atoms with Gasteiger partial charge in [0.1, 0.15) is 0 Å². The molecule has 2 aliphatic rings. The van der Waals surface area contributed by atoms with Gasteiger partial charge in [0.2, 0.25) is 0 Å². The Morgan fingerprint density at radius 2 is 1.00 bits per heavy atom. The van der Waals surface area contributed by atoms with Crippen LogP contribution < -0.4 is 4.90 Å². The van der Waals surface area contributed by atoms with Crippen molar-refractivity contribution in [2.75, 3.05) is 4.90 Å². The van der Waals surface area contributed by atoms with E-state index in [0.717, 1.165) is 17.1 Å². The van der Waals surface area contributed by atoms with Gasteiger partial charge < -0.3 is 4.90 Å². The van der Waals surface area contributed by atoms with Crippen LogP contribution in [0, 0.1) is 0 Å². The highest BCUT2D eigenvalue weighted by molar-refractivity contribution is 7.26. The number of rotatable bonds is 5. The molecule has 0 bridgehead atoms. The predicted molar refractivity (Wildman–Crippen MR) is 246 cm³/mol. The van der Waals surface area contributed by atoms with Crippen LogP contribution >= 0.6 is 11.3 Å². The Morgan fingerprint density at radius 1 is 0.397 bits per heavy atom. The number of thiophene rings is 1. The van der Waals surface area contributed by atoms with E-state index in [1.807, 2.05) is 11.3 Å². The molecule has 0 radical (unpaired) electrons.